The molecule has 66 valence electrons. The number of aliphatic hydroxyl groups is 1. The Morgan fingerprint density at radius 2 is 1.91 bits per heavy atom. The van der Waals surface area contributed by atoms with Crippen molar-refractivity contribution in [1.82, 2.24) is 0 Å². The van der Waals surface area contributed by atoms with Crippen molar-refractivity contribution >= 4 is 15.9 Å². The summed E-state index contributed by atoms with van der Waals surface area (Å²) in [5.41, 5.74) is -0.346. The predicted octanol–water partition coefficient (Wildman–Crippen LogP) is 2.86. The molecule has 1 aliphatic carbocycles. The summed E-state index contributed by atoms with van der Waals surface area (Å²) in [5, 5.41) is 10.0. The third-order valence-electron chi connectivity index (χ3n) is 2.45. The molecule has 0 aromatic heterocycles. The van der Waals surface area contributed by atoms with Crippen molar-refractivity contribution in [2.45, 2.75) is 55.9 Å². The normalized spacial score (nSPS) is 26.5. The van der Waals surface area contributed by atoms with E-state index in [-0.39, 0.29) is 5.60 Å². The Kier molecular flexibility index (Phi) is 3.38. The van der Waals surface area contributed by atoms with E-state index >= 15 is 0 Å². The number of halogens is 1. The van der Waals surface area contributed by atoms with Crippen molar-refractivity contribution in [2.24, 2.45) is 0 Å². The smallest absolute Gasteiger partial charge is 0.0658 e. The molecule has 1 saturated carbocycles. The Morgan fingerprint density at radius 1 is 1.36 bits per heavy atom. The molecule has 1 rings (SSSR count). The van der Waals surface area contributed by atoms with Crippen LogP contribution in [0.5, 0.6) is 0 Å². The van der Waals surface area contributed by atoms with Gasteiger partial charge in [0.15, 0.2) is 0 Å². The highest BCUT2D eigenvalue weighted by molar-refractivity contribution is 9.09. The molecule has 0 saturated heterocycles. The molecule has 1 aliphatic rings. The minimum atomic E-state index is -0.346. The molecule has 2 heteroatoms. The van der Waals surface area contributed by atoms with Crippen LogP contribution >= 0.6 is 15.9 Å². The standard InChI is InChI=1S/C9H17BrO/c1-8(10)7-9(11)5-3-2-4-6-9/h8,11H,2-7H2,1H3. The van der Waals surface area contributed by atoms with Crippen molar-refractivity contribution in [1.29, 1.82) is 0 Å². The summed E-state index contributed by atoms with van der Waals surface area (Å²) in [4.78, 5) is 0.450. The number of hydrogen-bond acceptors (Lipinski definition) is 1. The lowest BCUT2D eigenvalue weighted by atomic mass is 9.82. The average Bonchev–Trinajstić information content (AvgIpc) is 1.85. The first kappa shape index (κ1) is 9.53. The molecule has 0 amide bonds. The fraction of sp³-hybridized carbons (Fsp3) is 1.00. The molecule has 1 unspecified atom stereocenters. The molecule has 0 radical (unpaired) electrons. The molecule has 0 bridgehead atoms. The lowest BCUT2D eigenvalue weighted by Crippen LogP contribution is -2.33. The Balaban J connectivity index is 2.37. The van der Waals surface area contributed by atoms with Crippen LogP contribution in [0.4, 0.5) is 0 Å². The third-order valence-corrected chi connectivity index (χ3v) is 2.77. The van der Waals surface area contributed by atoms with E-state index < -0.39 is 0 Å². The molecule has 0 aliphatic heterocycles. The van der Waals surface area contributed by atoms with Crippen LogP contribution in [0, 0.1) is 0 Å². The molecule has 0 spiro atoms. The van der Waals surface area contributed by atoms with Crippen molar-refractivity contribution in [2.75, 3.05) is 0 Å². The highest BCUT2D eigenvalue weighted by Gasteiger charge is 2.29. The van der Waals surface area contributed by atoms with Crippen molar-refractivity contribution in [3.63, 3.8) is 0 Å². The van der Waals surface area contributed by atoms with Gasteiger partial charge in [0.1, 0.15) is 0 Å². The van der Waals surface area contributed by atoms with Crippen molar-refractivity contribution in [3.05, 3.63) is 0 Å². The van der Waals surface area contributed by atoms with Gasteiger partial charge in [-0.2, -0.15) is 0 Å². The molecule has 0 aromatic rings. The Hall–Kier alpha value is 0.440. The van der Waals surface area contributed by atoms with Crippen molar-refractivity contribution < 1.29 is 5.11 Å². The topological polar surface area (TPSA) is 20.2 Å². The van der Waals surface area contributed by atoms with E-state index in [1.165, 1.54) is 19.3 Å². The summed E-state index contributed by atoms with van der Waals surface area (Å²) in [6, 6.07) is 0. The van der Waals surface area contributed by atoms with Gasteiger partial charge in [-0.15, -0.1) is 0 Å². The zero-order valence-corrected chi connectivity index (χ0v) is 8.73. The molecule has 1 atom stereocenters. The summed E-state index contributed by atoms with van der Waals surface area (Å²) < 4.78 is 0. The molecular weight excluding hydrogens is 204 g/mol. The lowest BCUT2D eigenvalue weighted by Gasteiger charge is -2.32. The number of alkyl halides is 1. The van der Waals surface area contributed by atoms with E-state index in [0.717, 1.165) is 19.3 Å². The largest absolute Gasteiger partial charge is 0.390 e. The van der Waals surface area contributed by atoms with Gasteiger partial charge >= 0.3 is 0 Å². The van der Waals surface area contributed by atoms with Gasteiger partial charge in [-0.3, -0.25) is 0 Å². The first-order chi connectivity index (χ1) is 5.12. The fourth-order valence-corrected chi connectivity index (χ4v) is 2.54. The van der Waals surface area contributed by atoms with E-state index in [4.69, 9.17) is 0 Å². The summed E-state index contributed by atoms with van der Waals surface area (Å²) >= 11 is 3.49. The Morgan fingerprint density at radius 3 is 2.36 bits per heavy atom. The molecule has 0 heterocycles. The van der Waals surface area contributed by atoms with Crippen LogP contribution in [-0.2, 0) is 0 Å². The maximum atomic E-state index is 10.0. The second-order valence-electron chi connectivity index (χ2n) is 3.77. The summed E-state index contributed by atoms with van der Waals surface area (Å²) in [6.45, 7) is 2.10. The Bertz CT molecular complexity index is 117. The predicted molar refractivity (Wildman–Crippen MR) is 51.0 cm³/mol. The highest BCUT2D eigenvalue weighted by atomic mass is 79.9. The van der Waals surface area contributed by atoms with Gasteiger partial charge in [-0.1, -0.05) is 42.1 Å². The van der Waals surface area contributed by atoms with Crippen LogP contribution in [0.3, 0.4) is 0 Å². The minimum Gasteiger partial charge on any atom is -0.390 e. The van der Waals surface area contributed by atoms with Crippen LogP contribution in [-0.4, -0.2) is 15.5 Å². The minimum absolute atomic E-state index is 0.346. The molecule has 1 nitrogen and oxygen atoms in total. The second-order valence-corrected chi connectivity index (χ2v) is 5.33. The first-order valence-electron chi connectivity index (χ1n) is 4.49. The van der Waals surface area contributed by atoms with Crippen LogP contribution in [0.15, 0.2) is 0 Å². The van der Waals surface area contributed by atoms with Gasteiger partial charge < -0.3 is 5.11 Å². The third kappa shape index (κ3) is 3.12. The summed E-state index contributed by atoms with van der Waals surface area (Å²) in [7, 11) is 0. The van der Waals surface area contributed by atoms with Crippen LogP contribution in [0.1, 0.15) is 45.4 Å². The van der Waals surface area contributed by atoms with Crippen LogP contribution in [0.25, 0.3) is 0 Å². The molecule has 11 heavy (non-hydrogen) atoms. The SMILES string of the molecule is CC(Br)CC1(O)CCCCC1. The monoisotopic (exact) mass is 220 g/mol. The highest BCUT2D eigenvalue weighted by Crippen LogP contribution is 2.33. The number of hydrogen-bond donors (Lipinski definition) is 1. The Labute approximate surface area is 77.3 Å². The molecule has 1 N–H and O–H groups in total. The second kappa shape index (κ2) is 3.90. The van der Waals surface area contributed by atoms with Gasteiger partial charge in [0.2, 0.25) is 0 Å². The number of rotatable bonds is 2. The maximum absolute atomic E-state index is 10.0. The summed E-state index contributed by atoms with van der Waals surface area (Å²) in [6.07, 6.45) is 6.63. The van der Waals surface area contributed by atoms with E-state index in [2.05, 4.69) is 22.9 Å². The summed E-state index contributed by atoms with van der Waals surface area (Å²) in [5.74, 6) is 0. The maximum Gasteiger partial charge on any atom is 0.0658 e. The van der Waals surface area contributed by atoms with Gasteiger partial charge in [0.25, 0.3) is 0 Å². The zero-order chi connectivity index (χ0) is 8.32. The zero-order valence-electron chi connectivity index (χ0n) is 7.15. The molecule has 1 fully saturated rings. The van der Waals surface area contributed by atoms with Gasteiger partial charge in [0, 0.05) is 4.83 Å². The van der Waals surface area contributed by atoms with Crippen LogP contribution < -0.4 is 0 Å². The van der Waals surface area contributed by atoms with E-state index in [1.54, 1.807) is 0 Å². The van der Waals surface area contributed by atoms with Gasteiger partial charge in [-0.05, 0) is 19.3 Å². The van der Waals surface area contributed by atoms with Gasteiger partial charge in [-0.25, -0.2) is 0 Å². The van der Waals surface area contributed by atoms with E-state index in [0.29, 0.717) is 4.83 Å². The quantitative estimate of drug-likeness (QED) is 0.711. The van der Waals surface area contributed by atoms with Crippen molar-refractivity contribution in [3.8, 4) is 0 Å². The first-order valence-corrected chi connectivity index (χ1v) is 5.40. The van der Waals surface area contributed by atoms with Gasteiger partial charge in [0.05, 0.1) is 5.60 Å². The lowest BCUT2D eigenvalue weighted by molar-refractivity contribution is -0.00258. The van der Waals surface area contributed by atoms with Crippen LogP contribution in [0.2, 0.25) is 0 Å². The molecule has 0 aromatic carbocycles. The van der Waals surface area contributed by atoms with E-state index in [1.807, 2.05) is 0 Å². The fourth-order valence-electron chi connectivity index (χ4n) is 1.94. The molecular formula is C9H17BrO. The average molecular weight is 221 g/mol. The van der Waals surface area contributed by atoms with E-state index in [9.17, 15) is 5.11 Å².